The van der Waals surface area contributed by atoms with Crippen molar-refractivity contribution >= 4 is 33.8 Å². The minimum Gasteiger partial charge on any atom is -0.480 e. The summed E-state index contributed by atoms with van der Waals surface area (Å²) in [6, 6.07) is -0.907. The summed E-state index contributed by atoms with van der Waals surface area (Å²) in [5.41, 5.74) is 12.1. The molecule has 6 atom stereocenters. The number of hydrogen-bond acceptors (Lipinski definition) is 9. The van der Waals surface area contributed by atoms with Gasteiger partial charge in [-0.15, -0.1) is 0 Å². The average Bonchev–Trinajstić information content (AvgIpc) is 3.17. The molecular weight excluding hydrogens is 377 g/mol. The van der Waals surface area contributed by atoms with Crippen LogP contribution in [0.3, 0.4) is 0 Å². The van der Waals surface area contributed by atoms with Crippen LogP contribution in [0, 0.1) is 0 Å². The highest BCUT2D eigenvalue weighted by Crippen LogP contribution is 2.32. The van der Waals surface area contributed by atoms with Gasteiger partial charge in [0.05, 0.1) is 12.6 Å². The predicted octanol–water partition coefficient (Wildman–Crippen LogP) is -1.92. The number of rotatable bonds is 7. The topological polar surface area (TPSA) is 183 Å². The Hall–Kier alpha value is -1.99. The van der Waals surface area contributed by atoms with Crippen molar-refractivity contribution in [1.29, 1.82) is 0 Å². The van der Waals surface area contributed by atoms with Crippen LogP contribution in [-0.4, -0.2) is 82.9 Å². The first-order valence-electron chi connectivity index (χ1n) is 8.31. The highest BCUT2D eigenvalue weighted by atomic mass is 32.2. The smallest absolute Gasteiger partial charge is 0.320 e. The van der Waals surface area contributed by atoms with Crippen LogP contribution in [0.4, 0.5) is 5.82 Å². The SMILES string of the molecule is [13CH3][S+](CC[C@H](N)C(=O)O)C[C@H]1O[C@@H](n2cnc3c(N)ncnc32)C(O)[C@H]1O. The summed E-state index contributed by atoms with van der Waals surface area (Å²) < 4.78 is 7.41. The number of ether oxygens (including phenoxy) is 1. The molecule has 0 saturated carbocycles. The molecule has 0 spiro atoms. The Morgan fingerprint density at radius 2 is 2.11 bits per heavy atom. The lowest BCUT2D eigenvalue weighted by Crippen LogP contribution is -2.37. The number of aliphatic carboxylic acids is 1. The number of aliphatic hydroxyl groups excluding tert-OH is 2. The molecule has 2 aromatic rings. The van der Waals surface area contributed by atoms with Gasteiger partial charge in [0.25, 0.3) is 0 Å². The van der Waals surface area contributed by atoms with Crippen LogP contribution in [0.15, 0.2) is 12.7 Å². The first-order chi connectivity index (χ1) is 12.8. The van der Waals surface area contributed by atoms with Crippen molar-refractivity contribution in [3.63, 3.8) is 0 Å². The Bertz CT molecular complexity index is 819. The molecular formula is C15H23N6O5S+. The lowest BCUT2D eigenvalue weighted by Gasteiger charge is -2.16. The first kappa shape index (κ1) is 19.8. The van der Waals surface area contributed by atoms with Crippen molar-refractivity contribution in [1.82, 2.24) is 19.5 Å². The Labute approximate surface area is 157 Å². The van der Waals surface area contributed by atoms with E-state index in [0.717, 1.165) is 0 Å². The minimum absolute atomic E-state index is 0.216. The van der Waals surface area contributed by atoms with Crippen molar-refractivity contribution in [2.24, 2.45) is 5.73 Å². The third-order valence-corrected chi connectivity index (χ3v) is 6.37. The van der Waals surface area contributed by atoms with Gasteiger partial charge in [-0.1, -0.05) is 0 Å². The molecule has 0 bridgehead atoms. The second kappa shape index (κ2) is 7.94. The van der Waals surface area contributed by atoms with E-state index in [1.165, 1.54) is 17.2 Å². The van der Waals surface area contributed by atoms with Crippen LogP contribution < -0.4 is 11.5 Å². The molecule has 0 aliphatic carbocycles. The number of nitrogens with zero attached hydrogens (tertiary/aromatic N) is 4. The molecule has 3 rings (SSSR count). The number of aromatic nitrogens is 4. The third kappa shape index (κ3) is 3.99. The Balaban J connectivity index is 1.68. The molecule has 12 heteroatoms. The van der Waals surface area contributed by atoms with E-state index < -0.39 is 36.6 Å². The highest BCUT2D eigenvalue weighted by Gasteiger charge is 2.46. The van der Waals surface area contributed by atoms with Crippen LogP contribution >= 0.6 is 0 Å². The van der Waals surface area contributed by atoms with E-state index >= 15 is 0 Å². The van der Waals surface area contributed by atoms with E-state index in [0.29, 0.717) is 29.1 Å². The van der Waals surface area contributed by atoms with Gasteiger partial charge in [-0.05, 0) is 10.9 Å². The molecule has 7 N–H and O–H groups in total. The second-order valence-electron chi connectivity index (χ2n) is 6.51. The molecule has 0 radical (unpaired) electrons. The summed E-state index contributed by atoms with van der Waals surface area (Å²) in [5, 5.41) is 29.7. The van der Waals surface area contributed by atoms with Crippen LogP contribution in [0.1, 0.15) is 12.6 Å². The van der Waals surface area contributed by atoms with E-state index in [9.17, 15) is 15.0 Å². The quantitative estimate of drug-likeness (QED) is 0.259. The minimum atomic E-state index is -1.16. The monoisotopic (exact) mass is 400 g/mol. The largest absolute Gasteiger partial charge is 0.480 e. The van der Waals surface area contributed by atoms with Crippen LogP contribution in [-0.2, 0) is 20.4 Å². The molecule has 1 aliphatic rings. The van der Waals surface area contributed by atoms with Crippen LogP contribution in [0.5, 0.6) is 0 Å². The fourth-order valence-corrected chi connectivity index (χ4v) is 4.63. The number of hydrogen-bond donors (Lipinski definition) is 5. The molecule has 0 amide bonds. The zero-order valence-electron chi connectivity index (χ0n) is 14.7. The maximum absolute atomic E-state index is 10.8. The molecule has 0 aromatic carbocycles. The number of imidazole rings is 1. The van der Waals surface area contributed by atoms with Gasteiger partial charge < -0.3 is 31.5 Å². The van der Waals surface area contributed by atoms with Crippen molar-refractivity contribution in [2.75, 3.05) is 23.5 Å². The molecule has 3 heterocycles. The number of carbonyl (C=O) groups is 1. The predicted molar refractivity (Wildman–Crippen MR) is 98.9 cm³/mol. The molecule has 11 nitrogen and oxygen atoms in total. The third-order valence-electron chi connectivity index (χ3n) is 4.54. The number of carboxylic acid groups (broad SMARTS) is 1. The van der Waals surface area contributed by atoms with E-state index in [4.69, 9.17) is 21.3 Å². The summed E-state index contributed by atoms with van der Waals surface area (Å²) in [6.45, 7) is 0. The number of fused-ring (bicyclic) bond motifs is 1. The molecule has 148 valence electrons. The van der Waals surface area contributed by atoms with Gasteiger partial charge in [0.1, 0.15) is 47.7 Å². The van der Waals surface area contributed by atoms with Gasteiger partial charge in [-0.25, -0.2) is 15.0 Å². The maximum Gasteiger partial charge on any atom is 0.320 e. The number of anilines is 1. The standard InChI is InChI=1S/C15H22N6O5S/c1-27(3-2-7(16)15(24)25)4-8-10(22)11(23)14(26-8)21-6-20-9-12(17)18-5-19-13(9)21/h5-8,10-11,14,22-23H,2-4,16H2,1H3,(H2-,17,18,19,24,25)/p+1/t7-,8+,10-,11?,14+,27?/m0/s1/i1+1. The molecule has 2 aromatic heterocycles. The molecule has 1 aliphatic heterocycles. The summed E-state index contributed by atoms with van der Waals surface area (Å²) in [4.78, 5) is 23.0. The van der Waals surface area contributed by atoms with Crippen molar-refractivity contribution in [3.05, 3.63) is 12.7 Å². The number of nitrogen functional groups attached to an aromatic ring is 1. The fraction of sp³-hybridized carbons (Fsp3) is 0.600. The summed E-state index contributed by atoms with van der Waals surface area (Å²) in [5.74, 6) is 0.254. The van der Waals surface area contributed by atoms with Gasteiger partial charge in [-0.2, -0.15) is 0 Å². The van der Waals surface area contributed by atoms with Gasteiger partial charge >= 0.3 is 5.97 Å². The average molecular weight is 400 g/mol. The zero-order valence-corrected chi connectivity index (χ0v) is 15.5. The molecule has 2 unspecified atom stereocenters. The van der Waals surface area contributed by atoms with Crippen molar-refractivity contribution < 1.29 is 24.9 Å². The highest BCUT2D eigenvalue weighted by molar-refractivity contribution is 7.96. The van der Waals surface area contributed by atoms with E-state index in [1.807, 2.05) is 6.26 Å². The molecule has 1 saturated heterocycles. The summed E-state index contributed by atoms with van der Waals surface area (Å²) >= 11 is 0. The lowest BCUT2D eigenvalue weighted by molar-refractivity contribution is -0.138. The van der Waals surface area contributed by atoms with Gasteiger partial charge in [0.2, 0.25) is 0 Å². The van der Waals surface area contributed by atoms with E-state index in [1.54, 1.807) is 0 Å². The number of nitrogens with two attached hydrogens (primary N) is 2. The summed E-state index contributed by atoms with van der Waals surface area (Å²) in [6.07, 6.45) is 1.31. The van der Waals surface area contributed by atoms with Crippen molar-refractivity contribution in [2.45, 2.75) is 37.0 Å². The molecule has 1 fully saturated rings. The van der Waals surface area contributed by atoms with Crippen molar-refractivity contribution in [3.8, 4) is 0 Å². The number of carboxylic acids is 1. The lowest BCUT2D eigenvalue weighted by atomic mass is 10.1. The first-order valence-corrected chi connectivity index (χ1v) is 10.3. The fourth-order valence-electron chi connectivity index (χ4n) is 2.97. The Morgan fingerprint density at radius 1 is 1.37 bits per heavy atom. The zero-order chi connectivity index (χ0) is 19.7. The van der Waals surface area contributed by atoms with Crippen LogP contribution in [0.2, 0.25) is 0 Å². The summed E-state index contributed by atoms with van der Waals surface area (Å²) in [7, 11) is -0.235. The number of aliphatic hydroxyl groups is 2. The normalized spacial score (nSPS) is 27.7. The van der Waals surface area contributed by atoms with E-state index in [-0.39, 0.29) is 16.7 Å². The van der Waals surface area contributed by atoms with Crippen LogP contribution in [0.25, 0.3) is 11.2 Å². The van der Waals surface area contributed by atoms with E-state index in [2.05, 4.69) is 15.0 Å². The molecule has 27 heavy (non-hydrogen) atoms. The second-order valence-corrected chi connectivity index (χ2v) is 8.82. The maximum atomic E-state index is 10.8. The van der Waals surface area contributed by atoms with Gasteiger partial charge in [0, 0.05) is 6.42 Å². The van der Waals surface area contributed by atoms with Gasteiger partial charge in [-0.3, -0.25) is 9.36 Å². The van der Waals surface area contributed by atoms with Gasteiger partial charge in [0.15, 0.2) is 17.7 Å². The Morgan fingerprint density at radius 3 is 2.81 bits per heavy atom. The Kier molecular flexibility index (Phi) is 5.81.